The lowest BCUT2D eigenvalue weighted by Gasteiger charge is -2.42. The molecule has 0 bridgehead atoms. The van der Waals surface area contributed by atoms with Gasteiger partial charge in [-0.2, -0.15) is 0 Å². The first-order chi connectivity index (χ1) is 22.6. The van der Waals surface area contributed by atoms with Crippen LogP contribution in [0.5, 0.6) is 17.2 Å². The summed E-state index contributed by atoms with van der Waals surface area (Å²) in [4.78, 5) is 28.9. The van der Waals surface area contributed by atoms with Crippen LogP contribution in [0.25, 0.3) is 11.4 Å². The lowest BCUT2D eigenvalue weighted by molar-refractivity contribution is -0.107. The Morgan fingerprint density at radius 1 is 0.792 bits per heavy atom. The molecule has 256 valence electrons. The van der Waals surface area contributed by atoms with Crippen LogP contribution in [-0.4, -0.2) is 52.5 Å². The topological polar surface area (TPSA) is 92.8 Å². The molecule has 1 heterocycles. The number of carbonyl (C=O) groups excluding carboxylic acids is 2. The maximum Gasteiger partial charge on any atom is 0.419 e. The van der Waals surface area contributed by atoms with E-state index in [1.807, 2.05) is 60.7 Å². The van der Waals surface area contributed by atoms with E-state index in [4.69, 9.17) is 28.1 Å². The maximum atomic E-state index is 14.5. The second kappa shape index (κ2) is 14.3. The molecule has 1 unspecified atom stereocenters. The molecule has 0 radical (unpaired) electrons. The lowest BCUT2D eigenvalue weighted by atomic mass is 9.98. The van der Waals surface area contributed by atoms with Gasteiger partial charge < -0.3 is 28.1 Å². The van der Waals surface area contributed by atoms with E-state index in [0.29, 0.717) is 45.9 Å². The number of carbonyl (C=O) groups is 2. The van der Waals surface area contributed by atoms with Crippen LogP contribution in [0.15, 0.2) is 84.3 Å². The van der Waals surface area contributed by atoms with Gasteiger partial charge in [-0.3, -0.25) is 4.79 Å². The normalized spacial score (nSPS) is 14.7. The first kappa shape index (κ1) is 36.3. The van der Waals surface area contributed by atoms with E-state index in [2.05, 4.69) is 33.9 Å². The number of aldehydes is 1. The van der Waals surface area contributed by atoms with E-state index in [-0.39, 0.29) is 22.3 Å². The molecule has 0 aliphatic carbocycles. The summed E-state index contributed by atoms with van der Waals surface area (Å²) in [6.45, 7) is 16.0. The van der Waals surface area contributed by atoms with Crippen LogP contribution in [0.3, 0.4) is 0 Å². The molecule has 1 aliphatic heterocycles. The molecule has 0 fully saturated rings. The zero-order chi connectivity index (χ0) is 35.4. The fourth-order valence-corrected chi connectivity index (χ4v) is 6.21. The summed E-state index contributed by atoms with van der Waals surface area (Å²) in [5.74, 6) is 1.39. The van der Waals surface area contributed by atoms with Crippen molar-refractivity contribution in [2.45, 2.75) is 71.4 Å². The molecule has 1 amide bonds. The zero-order valence-corrected chi connectivity index (χ0v) is 30.8. The van der Waals surface area contributed by atoms with Crippen LogP contribution in [0.4, 0.5) is 4.79 Å². The molecule has 1 atom stereocenters. The van der Waals surface area contributed by atoms with Crippen molar-refractivity contribution in [3.8, 4) is 17.2 Å². The molecule has 1 aliphatic rings. The van der Waals surface area contributed by atoms with Crippen molar-refractivity contribution >= 4 is 32.1 Å². The first-order valence-corrected chi connectivity index (χ1v) is 18.7. The zero-order valence-electron chi connectivity index (χ0n) is 29.8. The number of rotatable bonds is 10. The summed E-state index contributed by atoms with van der Waals surface area (Å²) in [6.07, 6.45) is -1.01. The van der Waals surface area contributed by atoms with Gasteiger partial charge in [0.15, 0.2) is 37.6 Å². The predicted octanol–water partition coefficient (Wildman–Crippen LogP) is 8.98. The van der Waals surface area contributed by atoms with Gasteiger partial charge in [0.25, 0.3) is 0 Å². The predicted molar refractivity (Wildman–Crippen MR) is 189 cm³/mol. The van der Waals surface area contributed by atoms with Crippen molar-refractivity contribution in [1.29, 1.82) is 0 Å². The first-order valence-electron chi connectivity index (χ1n) is 15.8. The van der Waals surface area contributed by atoms with Gasteiger partial charge in [0, 0.05) is 11.1 Å². The molecule has 0 saturated heterocycles. The second-order valence-electron chi connectivity index (χ2n) is 13.9. The molecular weight excluding hydrogens is 627 g/mol. The highest BCUT2D eigenvalue weighted by atomic mass is 28.4. The quantitative estimate of drug-likeness (QED) is 0.156. The number of hydrogen-bond donors (Lipinski definition) is 0. The van der Waals surface area contributed by atoms with Gasteiger partial charge in [-0.25, -0.2) is 9.69 Å². The van der Waals surface area contributed by atoms with E-state index in [1.165, 1.54) is 12.0 Å². The van der Waals surface area contributed by atoms with Gasteiger partial charge in [0.1, 0.15) is 23.1 Å². The van der Waals surface area contributed by atoms with Gasteiger partial charge >= 0.3 is 6.09 Å². The molecule has 10 heteroatoms. The van der Waals surface area contributed by atoms with Crippen LogP contribution in [0.1, 0.15) is 64.3 Å². The Labute approximate surface area is 285 Å². The summed E-state index contributed by atoms with van der Waals surface area (Å²) in [7, 11) is 2.01. The minimum atomic E-state index is -2.61. The third-order valence-electron chi connectivity index (χ3n) is 8.36. The van der Waals surface area contributed by atoms with E-state index in [9.17, 15) is 9.59 Å². The molecule has 0 N–H and O–H groups in total. The third-order valence-corrected chi connectivity index (χ3v) is 12.8. The minimum Gasteiger partial charge on any atom is -0.493 e. The highest BCUT2D eigenvalue weighted by Gasteiger charge is 2.45. The standard InChI is InChI=1S/C38H47NO8Si/c1-37(2,3)46-36(41)39-31(25-18-14-12-15-19-25)30(24-40)45-35(32(39)26-20-16-13-17-21-26)33(47-48(10,11)38(4,5)6)27-22-28(42-7)34(44-9)29(23-27)43-8/h12-24,33H,1-11H3. The Hall–Kier alpha value is -4.54. The van der Waals surface area contributed by atoms with Gasteiger partial charge in [-0.15, -0.1) is 0 Å². The highest BCUT2D eigenvalue weighted by molar-refractivity contribution is 6.74. The minimum absolute atomic E-state index is 0.0713. The van der Waals surface area contributed by atoms with E-state index < -0.39 is 26.1 Å². The number of allylic oxidation sites excluding steroid dienone is 1. The Morgan fingerprint density at radius 3 is 1.71 bits per heavy atom. The third kappa shape index (κ3) is 7.61. The summed E-state index contributed by atoms with van der Waals surface area (Å²) < 4.78 is 37.0. The van der Waals surface area contributed by atoms with Crippen molar-refractivity contribution in [2.24, 2.45) is 0 Å². The van der Waals surface area contributed by atoms with Crippen LogP contribution in [0.2, 0.25) is 18.1 Å². The molecule has 0 aromatic heterocycles. The molecule has 9 nitrogen and oxygen atoms in total. The van der Waals surface area contributed by atoms with Crippen LogP contribution in [0, 0.1) is 0 Å². The van der Waals surface area contributed by atoms with Gasteiger partial charge in [-0.1, -0.05) is 81.4 Å². The monoisotopic (exact) mass is 673 g/mol. The number of methoxy groups -OCH3 is 3. The Kier molecular flexibility index (Phi) is 10.8. The number of hydrogen-bond acceptors (Lipinski definition) is 8. The second-order valence-corrected chi connectivity index (χ2v) is 18.7. The molecule has 48 heavy (non-hydrogen) atoms. The van der Waals surface area contributed by atoms with Crippen molar-refractivity contribution in [3.63, 3.8) is 0 Å². The molecular formula is C38H47NO8Si. The molecule has 0 saturated carbocycles. The van der Waals surface area contributed by atoms with Gasteiger partial charge in [0.05, 0.1) is 21.3 Å². The van der Waals surface area contributed by atoms with Crippen LogP contribution < -0.4 is 14.2 Å². The summed E-state index contributed by atoms with van der Waals surface area (Å²) in [5.41, 5.74) is 1.61. The fraction of sp³-hybridized carbons (Fsp3) is 0.368. The van der Waals surface area contributed by atoms with E-state index in [1.54, 1.807) is 47.1 Å². The van der Waals surface area contributed by atoms with Crippen molar-refractivity contribution in [3.05, 3.63) is 101 Å². The Bertz CT molecular complexity index is 1660. The van der Waals surface area contributed by atoms with Crippen molar-refractivity contribution in [2.75, 3.05) is 21.3 Å². The van der Waals surface area contributed by atoms with E-state index in [0.717, 1.165) is 0 Å². The number of nitrogens with zero attached hydrogens (tertiary/aromatic N) is 1. The van der Waals surface area contributed by atoms with Gasteiger partial charge in [-0.05, 0) is 56.6 Å². The van der Waals surface area contributed by atoms with Crippen molar-refractivity contribution < 1.29 is 37.7 Å². The largest absolute Gasteiger partial charge is 0.493 e. The van der Waals surface area contributed by atoms with Crippen LogP contribution in [-0.2, 0) is 18.7 Å². The van der Waals surface area contributed by atoms with Crippen LogP contribution >= 0.6 is 0 Å². The fourth-order valence-electron chi connectivity index (χ4n) is 5.03. The smallest absolute Gasteiger partial charge is 0.419 e. The Morgan fingerprint density at radius 2 is 1.29 bits per heavy atom. The maximum absolute atomic E-state index is 14.5. The average molecular weight is 674 g/mol. The number of ether oxygens (including phenoxy) is 5. The van der Waals surface area contributed by atoms with Crippen molar-refractivity contribution in [1.82, 2.24) is 4.90 Å². The molecule has 4 rings (SSSR count). The average Bonchev–Trinajstić information content (AvgIpc) is 3.05. The van der Waals surface area contributed by atoms with E-state index >= 15 is 0 Å². The molecule has 0 spiro atoms. The molecule has 3 aromatic carbocycles. The SMILES string of the molecule is COc1cc(C(O[Si](C)(C)C(C)(C)C)C2=C(c3ccccc3)N(C(=O)OC(C)(C)C)C(c3ccccc3)=C(C=O)O2)cc(OC)c1OC. The Balaban J connectivity index is 2.17. The lowest BCUT2D eigenvalue weighted by Crippen LogP contribution is -2.43. The highest BCUT2D eigenvalue weighted by Crippen LogP contribution is 2.50. The molecule has 3 aromatic rings. The number of amides is 1. The number of benzene rings is 3. The van der Waals surface area contributed by atoms with Gasteiger partial charge in [0.2, 0.25) is 5.75 Å². The summed E-state index contributed by atoms with van der Waals surface area (Å²) in [6, 6.07) is 22.1. The summed E-state index contributed by atoms with van der Waals surface area (Å²) in [5, 5.41) is -0.225. The summed E-state index contributed by atoms with van der Waals surface area (Å²) >= 11 is 0.